The van der Waals surface area contributed by atoms with Crippen molar-refractivity contribution in [2.75, 3.05) is 5.32 Å². The van der Waals surface area contributed by atoms with Crippen molar-refractivity contribution in [3.05, 3.63) is 57.6 Å². The first-order valence-corrected chi connectivity index (χ1v) is 6.47. The van der Waals surface area contributed by atoms with Crippen molar-refractivity contribution < 1.29 is 19.8 Å². The van der Waals surface area contributed by atoms with Crippen LogP contribution in [0.1, 0.15) is 20.7 Å². The number of benzene rings is 2. The van der Waals surface area contributed by atoms with Crippen molar-refractivity contribution in [1.29, 1.82) is 0 Å². The number of amides is 1. The Labute approximate surface area is 129 Å². The van der Waals surface area contributed by atoms with E-state index < -0.39 is 11.9 Å². The van der Waals surface area contributed by atoms with Gasteiger partial charge in [0.25, 0.3) is 5.91 Å². The average Bonchev–Trinajstić information content (AvgIpc) is 2.37. The van der Waals surface area contributed by atoms with E-state index in [1.165, 1.54) is 36.4 Å². The fourth-order valence-electron chi connectivity index (χ4n) is 1.66. The van der Waals surface area contributed by atoms with Crippen LogP contribution in [-0.2, 0) is 0 Å². The molecule has 0 radical (unpaired) electrons. The van der Waals surface area contributed by atoms with Gasteiger partial charge in [-0.1, -0.05) is 23.2 Å². The Balaban J connectivity index is 2.23. The fourth-order valence-corrected chi connectivity index (χ4v) is 2.09. The van der Waals surface area contributed by atoms with Gasteiger partial charge < -0.3 is 15.5 Å². The number of carbonyl (C=O) groups excluding carboxylic acids is 1. The van der Waals surface area contributed by atoms with Gasteiger partial charge in [0.05, 0.1) is 16.1 Å². The summed E-state index contributed by atoms with van der Waals surface area (Å²) in [6, 6.07) is 8.09. The lowest BCUT2D eigenvalue weighted by molar-refractivity contribution is 0.0697. The Morgan fingerprint density at radius 1 is 1.00 bits per heavy atom. The monoisotopic (exact) mass is 325 g/mol. The lowest BCUT2D eigenvalue weighted by Gasteiger charge is -2.08. The summed E-state index contributed by atoms with van der Waals surface area (Å²) in [5.74, 6) is -1.98. The highest BCUT2D eigenvalue weighted by molar-refractivity contribution is 6.34. The highest BCUT2D eigenvalue weighted by atomic mass is 35.5. The molecule has 0 aliphatic rings. The molecule has 108 valence electrons. The molecule has 1 amide bonds. The molecule has 0 heterocycles. The van der Waals surface area contributed by atoms with Crippen LogP contribution in [0.25, 0.3) is 0 Å². The van der Waals surface area contributed by atoms with Gasteiger partial charge in [-0.2, -0.15) is 0 Å². The summed E-state index contributed by atoms with van der Waals surface area (Å²) in [5.41, 5.74) is 0.284. The first-order chi connectivity index (χ1) is 9.88. The molecule has 0 saturated heterocycles. The van der Waals surface area contributed by atoms with E-state index in [0.717, 1.165) is 0 Å². The van der Waals surface area contributed by atoms with E-state index in [1.807, 2.05) is 0 Å². The smallest absolute Gasteiger partial charge is 0.337 e. The summed E-state index contributed by atoms with van der Waals surface area (Å²) in [4.78, 5) is 22.8. The van der Waals surface area contributed by atoms with Crippen molar-refractivity contribution in [1.82, 2.24) is 0 Å². The number of carboxylic acid groups (broad SMARTS) is 1. The summed E-state index contributed by atoms with van der Waals surface area (Å²) in [6.45, 7) is 0. The van der Waals surface area contributed by atoms with Gasteiger partial charge in [0.2, 0.25) is 0 Å². The molecule has 0 spiro atoms. The first-order valence-electron chi connectivity index (χ1n) is 5.71. The predicted octanol–water partition coefficient (Wildman–Crippen LogP) is 3.65. The van der Waals surface area contributed by atoms with Gasteiger partial charge >= 0.3 is 5.97 Å². The van der Waals surface area contributed by atoms with E-state index in [0.29, 0.717) is 10.7 Å². The predicted molar refractivity (Wildman–Crippen MR) is 79.5 cm³/mol. The topological polar surface area (TPSA) is 86.6 Å². The maximum Gasteiger partial charge on any atom is 0.337 e. The standard InChI is InChI=1S/C14H9Cl2NO4/c15-7-1-3-10(12(18)5-7)13(19)17-8-2-4-9(14(20)21)11(16)6-8/h1-6,18H,(H,17,19)(H,20,21). The molecule has 21 heavy (non-hydrogen) atoms. The zero-order chi connectivity index (χ0) is 15.6. The number of anilines is 1. The van der Waals surface area contributed by atoms with E-state index in [1.54, 1.807) is 0 Å². The number of phenols is 1. The van der Waals surface area contributed by atoms with Crippen molar-refractivity contribution in [3.8, 4) is 5.75 Å². The molecular weight excluding hydrogens is 317 g/mol. The second kappa shape index (κ2) is 6.03. The molecule has 0 aliphatic heterocycles. The quantitative estimate of drug-likeness (QED) is 0.803. The van der Waals surface area contributed by atoms with Gasteiger partial charge in [-0.05, 0) is 36.4 Å². The Kier molecular flexibility index (Phi) is 4.35. The molecule has 0 fully saturated rings. The summed E-state index contributed by atoms with van der Waals surface area (Å²) < 4.78 is 0. The normalized spacial score (nSPS) is 10.2. The minimum absolute atomic E-state index is 0.000582. The number of hydrogen-bond donors (Lipinski definition) is 3. The molecule has 0 aliphatic carbocycles. The number of hydrogen-bond acceptors (Lipinski definition) is 3. The SMILES string of the molecule is O=C(Nc1ccc(C(=O)O)c(Cl)c1)c1ccc(Cl)cc1O. The highest BCUT2D eigenvalue weighted by Crippen LogP contribution is 2.25. The third-order valence-electron chi connectivity index (χ3n) is 2.66. The molecule has 7 heteroatoms. The van der Waals surface area contributed by atoms with Gasteiger partial charge in [-0.15, -0.1) is 0 Å². The molecular formula is C14H9Cl2NO4. The van der Waals surface area contributed by atoms with Crippen LogP contribution in [0.3, 0.4) is 0 Å². The fraction of sp³-hybridized carbons (Fsp3) is 0. The van der Waals surface area contributed by atoms with Crippen LogP contribution in [0, 0.1) is 0 Å². The second-order valence-electron chi connectivity index (χ2n) is 4.12. The number of halogens is 2. The number of phenolic OH excluding ortho intramolecular Hbond substituents is 1. The van der Waals surface area contributed by atoms with Crippen LogP contribution in [-0.4, -0.2) is 22.1 Å². The molecule has 5 nitrogen and oxygen atoms in total. The van der Waals surface area contributed by atoms with Crippen LogP contribution in [0.15, 0.2) is 36.4 Å². The van der Waals surface area contributed by atoms with Gasteiger partial charge in [0, 0.05) is 10.7 Å². The number of aromatic carboxylic acids is 1. The molecule has 2 aromatic carbocycles. The van der Waals surface area contributed by atoms with Crippen LogP contribution < -0.4 is 5.32 Å². The lowest BCUT2D eigenvalue weighted by atomic mass is 10.1. The van der Waals surface area contributed by atoms with Gasteiger partial charge in [-0.3, -0.25) is 4.79 Å². The molecule has 0 bridgehead atoms. The minimum atomic E-state index is -1.16. The van der Waals surface area contributed by atoms with Gasteiger partial charge in [0.15, 0.2) is 0 Å². The number of rotatable bonds is 3. The van der Waals surface area contributed by atoms with Crippen molar-refractivity contribution in [2.24, 2.45) is 0 Å². The van der Waals surface area contributed by atoms with Crippen LogP contribution in [0.5, 0.6) is 5.75 Å². The Morgan fingerprint density at radius 2 is 1.67 bits per heavy atom. The second-order valence-corrected chi connectivity index (χ2v) is 4.96. The molecule has 0 unspecified atom stereocenters. The molecule has 3 N–H and O–H groups in total. The van der Waals surface area contributed by atoms with Crippen molar-refractivity contribution in [2.45, 2.75) is 0 Å². The van der Waals surface area contributed by atoms with Crippen LogP contribution in [0.4, 0.5) is 5.69 Å². The van der Waals surface area contributed by atoms with Gasteiger partial charge in [0.1, 0.15) is 5.75 Å². The molecule has 2 rings (SSSR count). The number of carboxylic acids is 1. The molecule has 2 aromatic rings. The van der Waals surface area contributed by atoms with E-state index in [-0.39, 0.29) is 21.9 Å². The average molecular weight is 326 g/mol. The Hall–Kier alpha value is -2.24. The molecule has 0 saturated carbocycles. The number of carbonyl (C=O) groups is 2. The summed E-state index contributed by atoms with van der Waals surface area (Å²) in [7, 11) is 0. The minimum Gasteiger partial charge on any atom is -0.507 e. The van der Waals surface area contributed by atoms with E-state index in [9.17, 15) is 14.7 Å². The Bertz CT molecular complexity index is 731. The van der Waals surface area contributed by atoms with Crippen molar-refractivity contribution >= 4 is 40.8 Å². The van der Waals surface area contributed by atoms with E-state index in [2.05, 4.69) is 5.32 Å². The Morgan fingerprint density at radius 3 is 2.24 bits per heavy atom. The summed E-state index contributed by atoms with van der Waals surface area (Å²) >= 11 is 11.5. The highest BCUT2D eigenvalue weighted by Gasteiger charge is 2.14. The zero-order valence-electron chi connectivity index (χ0n) is 10.4. The van der Waals surface area contributed by atoms with Crippen molar-refractivity contribution in [3.63, 3.8) is 0 Å². The maximum atomic E-state index is 12.0. The maximum absolute atomic E-state index is 12.0. The third kappa shape index (κ3) is 3.45. The molecule has 0 aromatic heterocycles. The first kappa shape index (κ1) is 15.2. The third-order valence-corrected chi connectivity index (χ3v) is 3.21. The zero-order valence-corrected chi connectivity index (χ0v) is 11.9. The largest absolute Gasteiger partial charge is 0.507 e. The molecule has 0 atom stereocenters. The number of nitrogens with one attached hydrogen (secondary N) is 1. The van der Waals surface area contributed by atoms with E-state index >= 15 is 0 Å². The lowest BCUT2D eigenvalue weighted by Crippen LogP contribution is -2.12. The van der Waals surface area contributed by atoms with Gasteiger partial charge in [-0.25, -0.2) is 4.79 Å². The summed E-state index contributed by atoms with van der Waals surface area (Å²) in [6.07, 6.45) is 0. The van der Waals surface area contributed by atoms with E-state index in [4.69, 9.17) is 28.3 Å². The van der Waals surface area contributed by atoms with Crippen LogP contribution >= 0.6 is 23.2 Å². The summed E-state index contributed by atoms with van der Waals surface area (Å²) in [5, 5.41) is 21.3. The van der Waals surface area contributed by atoms with Crippen LogP contribution in [0.2, 0.25) is 10.0 Å². The number of aromatic hydroxyl groups is 1.